The molecule has 0 aliphatic heterocycles. The second kappa shape index (κ2) is 5.35. The van der Waals surface area contributed by atoms with Crippen LogP contribution in [0, 0.1) is 0 Å². The highest BCUT2D eigenvalue weighted by molar-refractivity contribution is 7.89. The Morgan fingerprint density at radius 3 is 2.61 bits per heavy atom. The molecular weight excluding hydrogens is 295 g/mol. The highest BCUT2D eigenvalue weighted by Gasteiger charge is 2.30. The summed E-state index contributed by atoms with van der Waals surface area (Å²) < 4.78 is 27.0. The zero-order chi connectivity index (χ0) is 13.3. The first-order valence-corrected chi connectivity index (χ1v) is 7.87. The molecule has 0 heterocycles. The van der Waals surface area contributed by atoms with Gasteiger partial charge in [-0.2, -0.15) is 0 Å². The van der Waals surface area contributed by atoms with Crippen molar-refractivity contribution in [2.45, 2.75) is 36.2 Å². The fraction of sp³-hybridized carbons (Fsp3) is 0.455. The van der Waals surface area contributed by atoms with Gasteiger partial charge in [0.15, 0.2) is 0 Å². The smallest absolute Gasteiger partial charge is 0.242 e. The number of hydrogen-bond acceptors (Lipinski definition) is 3. The molecule has 3 N–H and O–H groups in total. The van der Waals surface area contributed by atoms with E-state index in [1.807, 2.05) is 0 Å². The highest BCUT2D eigenvalue weighted by atomic mass is 35.5. The van der Waals surface area contributed by atoms with E-state index in [4.69, 9.17) is 28.9 Å². The van der Waals surface area contributed by atoms with Crippen molar-refractivity contribution in [1.29, 1.82) is 0 Å². The first-order valence-electron chi connectivity index (χ1n) is 5.64. The maximum absolute atomic E-state index is 12.2. The molecule has 1 aromatic rings. The van der Waals surface area contributed by atoms with Crippen molar-refractivity contribution in [3.8, 4) is 0 Å². The summed E-state index contributed by atoms with van der Waals surface area (Å²) in [6.07, 6.45) is 2.51. The third-order valence-corrected chi connectivity index (χ3v) is 5.54. The maximum Gasteiger partial charge on any atom is 0.242 e. The van der Waals surface area contributed by atoms with E-state index in [-0.39, 0.29) is 27.0 Å². The van der Waals surface area contributed by atoms with Gasteiger partial charge in [-0.1, -0.05) is 35.7 Å². The van der Waals surface area contributed by atoms with Crippen LogP contribution in [0.25, 0.3) is 0 Å². The fourth-order valence-corrected chi connectivity index (χ4v) is 4.17. The summed E-state index contributed by atoms with van der Waals surface area (Å²) >= 11 is 11.7. The Labute approximate surface area is 117 Å². The van der Waals surface area contributed by atoms with Gasteiger partial charge in [0.05, 0.1) is 10.0 Å². The summed E-state index contributed by atoms with van der Waals surface area (Å²) in [7, 11) is -3.68. The first kappa shape index (κ1) is 14.1. The second-order valence-electron chi connectivity index (χ2n) is 4.37. The minimum atomic E-state index is -3.68. The minimum Gasteiger partial charge on any atom is -0.326 e. The molecule has 7 heteroatoms. The fourth-order valence-electron chi connectivity index (χ4n) is 2.09. The van der Waals surface area contributed by atoms with E-state index < -0.39 is 10.0 Å². The average Bonchev–Trinajstić information content (AvgIpc) is 2.67. The molecule has 0 radical (unpaired) electrons. The third-order valence-electron chi connectivity index (χ3n) is 3.08. The van der Waals surface area contributed by atoms with Gasteiger partial charge in [0.25, 0.3) is 0 Å². The Balaban J connectivity index is 2.28. The topological polar surface area (TPSA) is 72.2 Å². The second-order valence-corrected chi connectivity index (χ2v) is 6.84. The molecule has 2 rings (SSSR count). The third kappa shape index (κ3) is 2.81. The number of nitrogens with two attached hydrogens (primary N) is 1. The molecule has 1 saturated carbocycles. The van der Waals surface area contributed by atoms with Crippen molar-refractivity contribution >= 4 is 33.2 Å². The van der Waals surface area contributed by atoms with Crippen molar-refractivity contribution in [2.24, 2.45) is 5.73 Å². The van der Waals surface area contributed by atoms with Crippen LogP contribution in [0.15, 0.2) is 23.1 Å². The van der Waals surface area contributed by atoms with Crippen LogP contribution in [0.1, 0.15) is 19.3 Å². The number of nitrogens with one attached hydrogen (secondary N) is 1. The molecule has 2 unspecified atom stereocenters. The average molecular weight is 309 g/mol. The van der Waals surface area contributed by atoms with Gasteiger partial charge in [-0.3, -0.25) is 0 Å². The van der Waals surface area contributed by atoms with Crippen molar-refractivity contribution in [1.82, 2.24) is 4.72 Å². The summed E-state index contributed by atoms with van der Waals surface area (Å²) in [5.74, 6) is 0. The van der Waals surface area contributed by atoms with E-state index in [1.54, 1.807) is 12.1 Å². The molecule has 1 aliphatic carbocycles. The molecule has 0 aromatic heterocycles. The van der Waals surface area contributed by atoms with Crippen molar-refractivity contribution in [3.05, 3.63) is 28.2 Å². The number of rotatable bonds is 3. The lowest BCUT2D eigenvalue weighted by Gasteiger charge is -2.18. The predicted molar refractivity (Wildman–Crippen MR) is 72.4 cm³/mol. The van der Waals surface area contributed by atoms with Gasteiger partial charge in [0.1, 0.15) is 4.90 Å². The van der Waals surface area contributed by atoms with Crippen molar-refractivity contribution in [2.75, 3.05) is 0 Å². The van der Waals surface area contributed by atoms with Gasteiger partial charge >= 0.3 is 0 Å². The summed E-state index contributed by atoms with van der Waals surface area (Å²) in [6, 6.07) is 4.15. The van der Waals surface area contributed by atoms with Gasteiger partial charge in [-0.15, -0.1) is 0 Å². The Kier molecular flexibility index (Phi) is 4.18. The SMILES string of the molecule is NC1CCCC1NS(=O)(=O)c1cccc(Cl)c1Cl. The molecule has 1 aromatic carbocycles. The summed E-state index contributed by atoms with van der Waals surface area (Å²) in [4.78, 5) is -0.00392. The molecule has 4 nitrogen and oxygen atoms in total. The van der Waals surface area contributed by atoms with Crippen LogP contribution in [0.4, 0.5) is 0 Å². The van der Waals surface area contributed by atoms with E-state index in [9.17, 15) is 8.42 Å². The van der Waals surface area contributed by atoms with Crippen LogP contribution in [0.2, 0.25) is 10.0 Å². The largest absolute Gasteiger partial charge is 0.326 e. The predicted octanol–water partition coefficient (Wildman–Crippen LogP) is 2.15. The minimum absolute atomic E-state index is 0.00392. The van der Waals surface area contributed by atoms with Crippen molar-refractivity contribution in [3.63, 3.8) is 0 Å². The number of hydrogen-bond donors (Lipinski definition) is 2. The summed E-state index contributed by atoms with van der Waals surface area (Å²) in [5, 5.41) is 0.258. The normalized spacial score (nSPS) is 24.4. The Morgan fingerprint density at radius 1 is 1.28 bits per heavy atom. The lowest BCUT2D eigenvalue weighted by molar-refractivity contribution is 0.522. The quantitative estimate of drug-likeness (QED) is 0.898. The van der Waals surface area contributed by atoms with Crippen LogP contribution < -0.4 is 10.5 Å². The maximum atomic E-state index is 12.2. The van der Waals surface area contributed by atoms with Gasteiger partial charge < -0.3 is 5.73 Å². The molecule has 18 heavy (non-hydrogen) atoms. The molecule has 0 spiro atoms. The Hall–Kier alpha value is -0.330. The molecule has 0 amide bonds. The summed E-state index contributed by atoms with van der Waals surface area (Å²) in [6.45, 7) is 0. The Bertz CT molecular complexity index is 548. The molecule has 0 bridgehead atoms. The van der Waals surface area contributed by atoms with Crippen LogP contribution in [0.3, 0.4) is 0 Å². The lowest BCUT2D eigenvalue weighted by Crippen LogP contribution is -2.43. The number of sulfonamides is 1. The summed E-state index contributed by atoms with van der Waals surface area (Å²) in [5.41, 5.74) is 5.85. The van der Waals surface area contributed by atoms with E-state index in [2.05, 4.69) is 4.72 Å². The Morgan fingerprint density at radius 2 is 2.00 bits per heavy atom. The van der Waals surface area contributed by atoms with Gasteiger partial charge in [0.2, 0.25) is 10.0 Å². The highest BCUT2D eigenvalue weighted by Crippen LogP contribution is 2.29. The van der Waals surface area contributed by atoms with Crippen molar-refractivity contribution < 1.29 is 8.42 Å². The van der Waals surface area contributed by atoms with E-state index in [1.165, 1.54) is 6.07 Å². The van der Waals surface area contributed by atoms with E-state index >= 15 is 0 Å². The lowest BCUT2D eigenvalue weighted by atomic mass is 10.2. The van der Waals surface area contributed by atoms with Gasteiger partial charge in [-0.25, -0.2) is 13.1 Å². The molecule has 2 atom stereocenters. The zero-order valence-electron chi connectivity index (χ0n) is 9.57. The van der Waals surface area contributed by atoms with Crippen LogP contribution >= 0.6 is 23.2 Å². The molecule has 1 aliphatic rings. The van der Waals surface area contributed by atoms with Gasteiger partial charge in [0, 0.05) is 12.1 Å². The molecule has 1 fully saturated rings. The number of benzene rings is 1. The van der Waals surface area contributed by atoms with Crippen LogP contribution in [-0.4, -0.2) is 20.5 Å². The standard InChI is InChI=1S/C11H14Cl2N2O2S/c12-7-3-1-6-10(11(7)13)18(16,17)15-9-5-2-4-8(9)14/h1,3,6,8-9,15H,2,4-5,14H2. The van der Waals surface area contributed by atoms with E-state index in [0.717, 1.165) is 19.3 Å². The molecular formula is C11H14Cl2N2O2S. The van der Waals surface area contributed by atoms with Crippen LogP contribution in [0.5, 0.6) is 0 Å². The van der Waals surface area contributed by atoms with Crippen LogP contribution in [-0.2, 0) is 10.0 Å². The molecule has 100 valence electrons. The number of halogens is 2. The first-order chi connectivity index (χ1) is 8.42. The monoisotopic (exact) mass is 308 g/mol. The van der Waals surface area contributed by atoms with Gasteiger partial charge in [-0.05, 0) is 25.0 Å². The van der Waals surface area contributed by atoms with E-state index in [0.29, 0.717) is 0 Å². The zero-order valence-corrected chi connectivity index (χ0v) is 11.9. The molecule has 0 saturated heterocycles.